The normalized spacial score (nSPS) is 15.1. The highest BCUT2D eigenvalue weighted by atomic mass is 16.3. The molecule has 1 amide bonds. The van der Waals surface area contributed by atoms with Gasteiger partial charge in [0.1, 0.15) is 11.4 Å². The van der Waals surface area contributed by atoms with E-state index < -0.39 is 0 Å². The number of carbonyl (C=O) groups is 1. The van der Waals surface area contributed by atoms with Crippen LogP contribution in [0.2, 0.25) is 0 Å². The lowest BCUT2D eigenvalue weighted by molar-refractivity contribution is 0.0706. The summed E-state index contributed by atoms with van der Waals surface area (Å²) >= 11 is 0. The molecule has 0 spiro atoms. The van der Waals surface area contributed by atoms with Crippen molar-refractivity contribution in [1.82, 2.24) is 20.1 Å². The Bertz CT molecular complexity index is 941. The van der Waals surface area contributed by atoms with Gasteiger partial charge in [-0.1, -0.05) is 29.8 Å². The Morgan fingerprint density at radius 2 is 2.00 bits per heavy atom. The molecule has 0 aliphatic carbocycles. The van der Waals surface area contributed by atoms with Crippen molar-refractivity contribution in [2.45, 2.75) is 25.7 Å². The Morgan fingerprint density at radius 3 is 2.70 bits per heavy atom. The number of amides is 1. The number of aryl methyl sites for hydroxylation is 1. The summed E-state index contributed by atoms with van der Waals surface area (Å²) in [5.74, 6) is 0.324. The van der Waals surface area contributed by atoms with Gasteiger partial charge in [-0.15, -0.1) is 0 Å². The fraction of sp³-hybridized carbons (Fsp3) is 0.286. The van der Waals surface area contributed by atoms with Gasteiger partial charge >= 0.3 is 0 Å². The van der Waals surface area contributed by atoms with Crippen LogP contribution in [0.25, 0.3) is 11.1 Å². The predicted molar refractivity (Wildman–Crippen MR) is 103 cm³/mol. The zero-order valence-corrected chi connectivity index (χ0v) is 15.2. The number of carbonyl (C=O) groups excluding carboxylic acids is 1. The molecular formula is C21H22N4O2. The molecule has 4 rings (SSSR count). The number of rotatable bonds is 3. The molecule has 0 radical (unpaired) electrons. The van der Waals surface area contributed by atoms with Crippen LogP contribution in [0.5, 0.6) is 5.75 Å². The summed E-state index contributed by atoms with van der Waals surface area (Å²) < 4.78 is 0. The van der Waals surface area contributed by atoms with Crippen molar-refractivity contribution in [2.24, 2.45) is 0 Å². The Labute approximate surface area is 157 Å². The molecule has 1 aliphatic heterocycles. The van der Waals surface area contributed by atoms with E-state index in [-0.39, 0.29) is 11.7 Å². The Kier molecular flexibility index (Phi) is 4.62. The number of benzene rings is 1. The Hall–Kier alpha value is -3.15. The molecule has 1 saturated heterocycles. The van der Waals surface area contributed by atoms with Gasteiger partial charge < -0.3 is 10.0 Å². The first-order valence-electron chi connectivity index (χ1n) is 9.16. The smallest absolute Gasteiger partial charge is 0.272 e. The molecular weight excluding hydrogens is 340 g/mol. The van der Waals surface area contributed by atoms with Gasteiger partial charge in [-0.25, -0.2) is 4.98 Å². The zero-order chi connectivity index (χ0) is 18.8. The van der Waals surface area contributed by atoms with Crippen molar-refractivity contribution in [2.75, 3.05) is 13.1 Å². The van der Waals surface area contributed by atoms with Gasteiger partial charge in [0, 0.05) is 30.3 Å². The molecule has 2 N–H and O–H groups in total. The molecule has 0 atom stereocenters. The number of H-pyrrole nitrogens is 1. The topological polar surface area (TPSA) is 82.1 Å². The largest absolute Gasteiger partial charge is 0.506 e. The molecule has 0 unspecified atom stereocenters. The van der Waals surface area contributed by atoms with Crippen LogP contribution in [0.4, 0.5) is 0 Å². The number of piperidine rings is 1. The molecule has 6 heteroatoms. The highest BCUT2D eigenvalue weighted by molar-refractivity contribution is 5.92. The lowest BCUT2D eigenvalue weighted by Crippen LogP contribution is -2.38. The number of aromatic nitrogens is 3. The Morgan fingerprint density at radius 1 is 1.19 bits per heavy atom. The van der Waals surface area contributed by atoms with Crippen molar-refractivity contribution < 1.29 is 9.90 Å². The minimum Gasteiger partial charge on any atom is -0.506 e. The van der Waals surface area contributed by atoms with Crippen LogP contribution < -0.4 is 0 Å². The summed E-state index contributed by atoms with van der Waals surface area (Å²) in [5, 5.41) is 16.8. The van der Waals surface area contributed by atoms with Gasteiger partial charge in [0.25, 0.3) is 5.91 Å². The summed E-state index contributed by atoms with van der Waals surface area (Å²) in [7, 11) is 0. The quantitative estimate of drug-likeness (QED) is 0.747. The lowest BCUT2D eigenvalue weighted by Gasteiger charge is -2.31. The maximum atomic E-state index is 12.6. The number of aromatic amines is 1. The molecule has 1 aliphatic rings. The van der Waals surface area contributed by atoms with Crippen LogP contribution in [0, 0.1) is 6.92 Å². The molecule has 0 bridgehead atoms. The maximum Gasteiger partial charge on any atom is 0.272 e. The molecule has 1 fully saturated rings. The molecule has 3 heterocycles. The van der Waals surface area contributed by atoms with Gasteiger partial charge in [0.05, 0.1) is 12.4 Å². The average Bonchev–Trinajstić information content (AvgIpc) is 3.18. The molecule has 2 aromatic heterocycles. The first-order chi connectivity index (χ1) is 13.1. The van der Waals surface area contributed by atoms with E-state index in [2.05, 4.69) is 46.4 Å². The van der Waals surface area contributed by atoms with Crippen LogP contribution in [-0.4, -0.2) is 44.2 Å². The number of hydrogen-bond donors (Lipinski definition) is 2. The number of nitrogens with zero attached hydrogens (tertiary/aromatic N) is 3. The van der Waals surface area contributed by atoms with E-state index in [1.807, 2.05) is 11.1 Å². The van der Waals surface area contributed by atoms with Gasteiger partial charge in [-0.3, -0.25) is 9.89 Å². The van der Waals surface area contributed by atoms with Crippen LogP contribution in [-0.2, 0) is 0 Å². The summed E-state index contributed by atoms with van der Waals surface area (Å²) in [5.41, 5.74) is 5.05. The van der Waals surface area contributed by atoms with Gasteiger partial charge in [0.2, 0.25) is 0 Å². The standard InChI is InChI=1S/C21H22N4O2/c1-14-3-2-4-16(11-14)18-13-23-24-20(18)15-7-9-25(10-8-15)21(27)19-6-5-17(26)12-22-19/h2-6,11-13,15,26H,7-10H2,1H3,(H,23,24). The van der Waals surface area contributed by atoms with Gasteiger partial charge in [0.15, 0.2) is 0 Å². The number of likely N-dealkylation sites (tertiary alicyclic amines) is 1. The van der Waals surface area contributed by atoms with E-state index >= 15 is 0 Å². The maximum absolute atomic E-state index is 12.6. The third-order valence-electron chi connectivity index (χ3n) is 5.16. The van der Waals surface area contributed by atoms with Crippen molar-refractivity contribution >= 4 is 5.91 Å². The average molecular weight is 362 g/mol. The molecule has 27 heavy (non-hydrogen) atoms. The summed E-state index contributed by atoms with van der Waals surface area (Å²) in [6, 6.07) is 11.5. The van der Waals surface area contributed by atoms with Crippen molar-refractivity contribution in [1.29, 1.82) is 0 Å². The summed E-state index contributed by atoms with van der Waals surface area (Å²) in [6.07, 6.45) is 4.95. The van der Waals surface area contributed by atoms with E-state index in [1.165, 1.54) is 23.4 Å². The Balaban J connectivity index is 1.47. The van der Waals surface area contributed by atoms with Crippen molar-refractivity contribution in [3.05, 3.63) is 65.7 Å². The second-order valence-electron chi connectivity index (χ2n) is 7.03. The van der Waals surface area contributed by atoms with Crippen LogP contribution in [0.3, 0.4) is 0 Å². The van der Waals surface area contributed by atoms with Crippen LogP contribution in [0.1, 0.15) is 40.5 Å². The molecule has 3 aromatic rings. The molecule has 138 valence electrons. The summed E-state index contributed by atoms with van der Waals surface area (Å²) in [4.78, 5) is 18.5. The molecule has 0 saturated carbocycles. The van der Waals surface area contributed by atoms with E-state index in [1.54, 1.807) is 6.07 Å². The first kappa shape index (κ1) is 17.3. The fourth-order valence-corrected chi connectivity index (χ4v) is 3.70. The number of nitrogens with one attached hydrogen (secondary N) is 1. The number of aromatic hydroxyl groups is 1. The molecule has 6 nitrogen and oxygen atoms in total. The summed E-state index contributed by atoms with van der Waals surface area (Å²) in [6.45, 7) is 3.45. The highest BCUT2D eigenvalue weighted by Gasteiger charge is 2.27. The van der Waals surface area contributed by atoms with E-state index in [4.69, 9.17) is 0 Å². The number of pyridine rings is 1. The SMILES string of the molecule is Cc1cccc(-c2cn[nH]c2C2CCN(C(=O)c3ccc(O)cn3)CC2)c1. The van der Waals surface area contributed by atoms with Gasteiger partial charge in [-0.05, 0) is 37.5 Å². The predicted octanol–water partition coefficient (Wildman–Crippen LogP) is 3.51. The van der Waals surface area contributed by atoms with E-state index in [9.17, 15) is 9.90 Å². The zero-order valence-electron chi connectivity index (χ0n) is 15.2. The van der Waals surface area contributed by atoms with Gasteiger partial charge in [-0.2, -0.15) is 5.10 Å². The first-order valence-corrected chi connectivity index (χ1v) is 9.16. The second kappa shape index (κ2) is 7.23. The monoisotopic (exact) mass is 362 g/mol. The minimum atomic E-state index is -0.0861. The van der Waals surface area contributed by atoms with Crippen molar-refractivity contribution in [3.8, 4) is 16.9 Å². The third kappa shape index (κ3) is 3.56. The fourth-order valence-electron chi connectivity index (χ4n) is 3.70. The van der Waals surface area contributed by atoms with Crippen LogP contribution in [0.15, 0.2) is 48.8 Å². The van der Waals surface area contributed by atoms with E-state index in [0.717, 1.165) is 24.1 Å². The molecule has 1 aromatic carbocycles. The third-order valence-corrected chi connectivity index (χ3v) is 5.16. The highest BCUT2D eigenvalue weighted by Crippen LogP contribution is 2.34. The van der Waals surface area contributed by atoms with Crippen LogP contribution >= 0.6 is 0 Å². The second-order valence-corrected chi connectivity index (χ2v) is 7.03. The van der Waals surface area contributed by atoms with Crippen molar-refractivity contribution in [3.63, 3.8) is 0 Å². The number of hydrogen-bond acceptors (Lipinski definition) is 4. The lowest BCUT2D eigenvalue weighted by atomic mass is 9.89. The minimum absolute atomic E-state index is 0.0631. The van der Waals surface area contributed by atoms with E-state index in [0.29, 0.717) is 24.7 Å².